The van der Waals surface area contributed by atoms with Crippen LogP contribution in [0.3, 0.4) is 0 Å². The number of likely N-dealkylation sites (tertiary alicyclic amines) is 1. The van der Waals surface area contributed by atoms with E-state index >= 15 is 0 Å². The van der Waals surface area contributed by atoms with E-state index in [0.717, 1.165) is 40.9 Å². The fourth-order valence-electron chi connectivity index (χ4n) is 4.95. The summed E-state index contributed by atoms with van der Waals surface area (Å²) in [6, 6.07) is 15.6. The number of fused-ring (bicyclic) bond motifs is 2. The number of aryl methyl sites for hydroxylation is 1. The number of rotatable bonds is 5. The monoisotopic (exact) mass is 389 g/mol. The van der Waals surface area contributed by atoms with Crippen LogP contribution in [0.5, 0.6) is 5.75 Å². The van der Waals surface area contributed by atoms with E-state index in [1.807, 2.05) is 12.1 Å². The molecule has 2 atom stereocenters. The molecule has 3 aromatic rings. The summed E-state index contributed by atoms with van der Waals surface area (Å²) >= 11 is 0. The molecule has 29 heavy (non-hydrogen) atoms. The quantitative estimate of drug-likeness (QED) is 0.608. The number of benzene rings is 2. The second-order valence-electron chi connectivity index (χ2n) is 8.35. The number of aromatic nitrogens is 2. The van der Waals surface area contributed by atoms with Crippen LogP contribution in [-0.2, 0) is 6.54 Å². The summed E-state index contributed by atoms with van der Waals surface area (Å²) in [7, 11) is 1.73. The molecular formula is C24H27N3O2. The lowest BCUT2D eigenvalue weighted by molar-refractivity contribution is 0.237. The molecule has 1 aliphatic heterocycles. The first-order valence-electron chi connectivity index (χ1n) is 10.5. The predicted octanol–water partition coefficient (Wildman–Crippen LogP) is 5.10. The third-order valence-corrected chi connectivity index (χ3v) is 6.38. The number of methoxy groups -OCH3 is 1. The molecule has 2 fully saturated rings. The second kappa shape index (κ2) is 7.64. The first-order chi connectivity index (χ1) is 14.2. The summed E-state index contributed by atoms with van der Waals surface area (Å²) in [5.74, 6) is 2.93. The van der Waals surface area contributed by atoms with Crippen molar-refractivity contribution in [3.8, 4) is 28.3 Å². The Kier molecular flexibility index (Phi) is 4.84. The molecule has 2 heterocycles. The Labute approximate surface area is 171 Å². The zero-order valence-corrected chi connectivity index (χ0v) is 17.1. The van der Waals surface area contributed by atoms with Crippen molar-refractivity contribution in [2.45, 2.75) is 45.2 Å². The normalized spacial score (nSPS) is 21.4. The van der Waals surface area contributed by atoms with Crippen LogP contribution in [-0.4, -0.2) is 34.8 Å². The van der Waals surface area contributed by atoms with Crippen LogP contribution < -0.4 is 4.74 Å². The fraction of sp³-hybridized carbons (Fsp3) is 0.417. The molecule has 1 aromatic heterocycles. The average Bonchev–Trinajstić information content (AvgIpc) is 3.30. The zero-order chi connectivity index (χ0) is 19.8. The van der Waals surface area contributed by atoms with E-state index in [1.54, 1.807) is 14.0 Å². The van der Waals surface area contributed by atoms with Crippen LogP contribution in [0.1, 0.15) is 37.1 Å². The Morgan fingerprint density at radius 1 is 1.07 bits per heavy atom. The maximum atomic E-state index is 5.66. The highest BCUT2D eigenvalue weighted by Crippen LogP contribution is 2.37. The zero-order valence-electron chi connectivity index (χ0n) is 17.1. The van der Waals surface area contributed by atoms with Crippen LogP contribution in [0.2, 0.25) is 0 Å². The molecule has 1 saturated carbocycles. The topological polar surface area (TPSA) is 51.4 Å². The van der Waals surface area contributed by atoms with E-state index in [1.165, 1.54) is 37.8 Å². The van der Waals surface area contributed by atoms with Gasteiger partial charge in [0.05, 0.1) is 7.11 Å². The SMILES string of the molecule is COc1ccc(CN2C[C@@H]3CCC[C@H]2C3)cc1-c1ccc(-c2nnc(C)o2)cc1. The third-order valence-electron chi connectivity index (χ3n) is 6.38. The summed E-state index contributed by atoms with van der Waals surface area (Å²) in [5, 5.41) is 8.02. The van der Waals surface area contributed by atoms with Gasteiger partial charge in [-0.2, -0.15) is 0 Å². The van der Waals surface area contributed by atoms with Crippen molar-refractivity contribution in [3.05, 3.63) is 53.9 Å². The molecule has 150 valence electrons. The van der Waals surface area contributed by atoms with Gasteiger partial charge in [-0.3, -0.25) is 4.90 Å². The fourth-order valence-corrected chi connectivity index (χ4v) is 4.95. The van der Waals surface area contributed by atoms with Gasteiger partial charge in [0.1, 0.15) is 5.75 Å². The van der Waals surface area contributed by atoms with Gasteiger partial charge in [0.25, 0.3) is 0 Å². The largest absolute Gasteiger partial charge is 0.496 e. The van der Waals surface area contributed by atoms with E-state index in [9.17, 15) is 0 Å². The van der Waals surface area contributed by atoms with Gasteiger partial charge in [-0.1, -0.05) is 24.6 Å². The Bertz CT molecular complexity index is 996. The van der Waals surface area contributed by atoms with E-state index in [2.05, 4.69) is 45.4 Å². The minimum atomic E-state index is 0.551. The van der Waals surface area contributed by atoms with Crippen molar-refractivity contribution in [1.82, 2.24) is 15.1 Å². The van der Waals surface area contributed by atoms with Crippen molar-refractivity contribution in [2.75, 3.05) is 13.7 Å². The van der Waals surface area contributed by atoms with Crippen LogP contribution in [0.15, 0.2) is 46.9 Å². The lowest BCUT2D eigenvalue weighted by atomic mass is 9.90. The van der Waals surface area contributed by atoms with E-state index in [0.29, 0.717) is 11.8 Å². The first kappa shape index (κ1) is 18.4. The molecule has 1 saturated heterocycles. The molecule has 5 heteroatoms. The minimum absolute atomic E-state index is 0.551. The highest BCUT2D eigenvalue weighted by Gasteiger charge is 2.34. The van der Waals surface area contributed by atoms with Gasteiger partial charge in [0.15, 0.2) is 0 Å². The summed E-state index contributed by atoms with van der Waals surface area (Å²) in [6.45, 7) is 4.08. The minimum Gasteiger partial charge on any atom is -0.496 e. The van der Waals surface area contributed by atoms with Crippen molar-refractivity contribution in [2.24, 2.45) is 5.92 Å². The second-order valence-corrected chi connectivity index (χ2v) is 8.35. The van der Waals surface area contributed by atoms with Crippen molar-refractivity contribution < 1.29 is 9.15 Å². The molecule has 0 radical (unpaired) electrons. The van der Waals surface area contributed by atoms with Gasteiger partial charge in [-0.05, 0) is 60.6 Å². The van der Waals surface area contributed by atoms with Crippen molar-refractivity contribution in [3.63, 3.8) is 0 Å². The Morgan fingerprint density at radius 3 is 2.62 bits per heavy atom. The summed E-state index contributed by atoms with van der Waals surface area (Å²) < 4.78 is 11.2. The molecule has 2 aliphatic rings. The van der Waals surface area contributed by atoms with Crippen LogP contribution in [0.4, 0.5) is 0 Å². The maximum Gasteiger partial charge on any atom is 0.247 e. The maximum absolute atomic E-state index is 5.66. The van der Waals surface area contributed by atoms with Gasteiger partial charge in [-0.15, -0.1) is 10.2 Å². The lowest BCUT2D eigenvalue weighted by Gasteiger charge is -2.24. The molecule has 5 nitrogen and oxygen atoms in total. The summed E-state index contributed by atoms with van der Waals surface area (Å²) in [5.41, 5.74) is 4.53. The van der Waals surface area contributed by atoms with Gasteiger partial charge in [0, 0.05) is 37.2 Å². The standard InChI is InChI=1S/C24H27N3O2/c1-16-25-26-24(29-16)20-9-7-19(8-10-20)22-13-18(6-11-23(22)28-2)15-27-14-17-4-3-5-21(27)12-17/h6-11,13,17,21H,3-5,12,14-15H2,1-2H3/t17-,21+/m1/s1. The lowest BCUT2D eigenvalue weighted by Crippen LogP contribution is -2.28. The molecule has 5 rings (SSSR count). The Morgan fingerprint density at radius 2 is 1.90 bits per heavy atom. The van der Waals surface area contributed by atoms with Crippen LogP contribution in [0, 0.1) is 12.8 Å². The van der Waals surface area contributed by atoms with Crippen molar-refractivity contribution >= 4 is 0 Å². The van der Waals surface area contributed by atoms with E-state index in [-0.39, 0.29) is 0 Å². The smallest absolute Gasteiger partial charge is 0.247 e. The Balaban J connectivity index is 1.41. The van der Waals surface area contributed by atoms with Gasteiger partial charge >= 0.3 is 0 Å². The average molecular weight is 389 g/mol. The molecule has 0 unspecified atom stereocenters. The highest BCUT2D eigenvalue weighted by molar-refractivity contribution is 5.73. The summed E-state index contributed by atoms with van der Waals surface area (Å²) in [4.78, 5) is 2.68. The number of hydrogen-bond donors (Lipinski definition) is 0. The Hall–Kier alpha value is -2.66. The number of ether oxygens (including phenoxy) is 1. The molecule has 2 bridgehead atoms. The predicted molar refractivity (Wildman–Crippen MR) is 113 cm³/mol. The molecule has 2 aromatic carbocycles. The molecule has 0 N–H and O–H groups in total. The molecule has 0 amide bonds. The van der Waals surface area contributed by atoms with Crippen molar-refractivity contribution in [1.29, 1.82) is 0 Å². The molecular weight excluding hydrogens is 362 g/mol. The number of nitrogens with zero attached hydrogens (tertiary/aromatic N) is 3. The van der Waals surface area contributed by atoms with Gasteiger partial charge in [0.2, 0.25) is 11.8 Å². The van der Waals surface area contributed by atoms with E-state index < -0.39 is 0 Å². The number of hydrogen-bond acceptors (Lipinski definition) is 5. The first-order valence-corrected chi connectivity index (χ1v) is 10.5. The third kappa shape index (κ3) is 3.67. The van der Waals surface area contributed by atoms with Crippen LogP contribution in [0.25, 0.3) is 22.6 Å². The molecule has 0 spiro atoms. The highest BCUT2D eigenvalue weighted by atomic mass is 16.5. The van der Waals surface area contributed by atoms with E-state index in [4.69, 9.17) is 9.15 Å². The van der Waals surface area contributed by atoms with Crippen LogP contribution >= 0.6 is 0 Å². The molecule has 1 aliphatic carbocycles. The summed E-state index contributed by atoms with van der Waals surface area (Å²) in [6.07, 6.45) is 5.55. The van der Waals surface area contributed by atoms with Gasteiger partial charge in [-0.25, -0.2) is 0 Å². The van der Waals surface area contributed by atoms with Gasteiger partial charge < -0.3 is 9.15 Å².